The molecular formula is C20H18N6O2S. The van der Waals surface area contributed by atoms with Crippen molar-refractivity contribution in [2.75, 3.05) is 12.4 Å². The number of hydrogen-bond donors (Lipinski definition) is 3. The van der Waals surface area contributed by atoms with Gasteiger partial charge in [-0.25, -0.2) is 9.67 Å². The molecule has 0 unspecified atom stereocenters. The molecule has 0 atom stereocenters. The summed E-state index contributed by atoms with van der Waals surface area (Å²) in [6.45, 7) is 3.59. The van der Waals surface area contributed by atoms with E-state index in [9.17, 15) is 14.9 Å². The first-order valence-corrected chi connectivity index (χ1v) is 9.08. The fraction of sp³-hybridized carbons (Fsp3) is 0.150. The third-order valence-electron chi connectivity index (χ3n) is 4.33. The smallest absolute Gasteiger partial charge is 0.274 e. The Morgan fingerprint density at radius 1 is 1.21 bits per heavy atom. The monoisotopic (exact) mass is 406 g/mol. The van der Waals surface area contributed by atoms with E-state index in [1.807, 2.05) is 19.1 Å². The Labute approximate surface area is 172 Å². The number of aryl methyl sites for hydroxylation is 2. The minimum atomic E-state index is -0.472. The number of hydrogen-bond acceptors (Lipinski definition) is 5. The van der Waals surface area contributed by atoms with Crippen LogP contribution in [0.25, 0.3) is 5.82 Å². The predicted molar refractivity (Wildman–Crippen MR) is 111 cm³/mol. The molecule has 2 heterocycles. The number of benzene rings is 1. The van der Waals surface area contributed by atoms with Crippen LogP contribution in [0, 0.1) is 29.8 Å². The third-order valence-corrected chi connectivity index (χ3v) is 4.54. The van der Waals surface area contributed by atoms with Crippen molar-refractivity contribution in [3.05, 3.63) is 69.1 Å². The summed E-state index contributed by atoms with van der Waals surface area (Å²) < 4.78 is 1.87. The van der Waals surface area contributed by atoms with E-state index < -0.39 is 11.8 Å². The van der Waals surface area contributed by atoms with Gasteiger partial charge in [0.15, 0.2) is 5.82 Å². The van der Waals surface area contributed by atoms with Crippen LogP contribution in [0.15, 0.2) is 36.5 Å². The number of nitriles is 1. The molecular weight excluding hydrogens is 388 g/mol. The summed E-state index contributed by atoms with van der Waals surface area (Å²) in [5.41, 5.74) is 2.53. The van der Waals surface area contributed by atoms with Crippen LogP contribution in [0.3, 0.4) is 0 Å². The van der Waals surface area contributed by atoms with E-state index in [1.165, 1.54) is 23.9 Å². The number of amides is 2. The van der Waals surface area contributed by atoms with Gasteiger partial charge < -0.3 is 10.6 Å². The molecule has 146 valence electrons. The van der Waals surface area contributed by atoms with Crippen LogP contribution < -0.4 is 10.6 Å². The number of aromatic nitrogens is 3. The molecule has 0 saturated carbocycles. The molecule has 2 amide bonds. The van der Waals surface area contributed by atoms with Crippen molar-refractivity contribution in [1.82, 2.24) is 20.1 Å². The number of anilines is 1. The van der Waals surface area contributed by atoms with Crippen molar-refractivity contribution in [1.29, 1.82) is 5.26 Å². The molecule has 29 heavy (non-hydrogen) atoms. The lowest BCUT2D eigenvalue weighted by Gasteiger charge is -2.15. The van der Waals surface area contributed by atoms with Crippen LogP contribution in [0.1, 0.15) is 37.5 Å². The van der Waals surface area contributed by atoms with Crippen LogP contribution in [0.4, 0.5) is 5.69 Å². The highest BCUT2D eigenvalue weighted by Gasteiger charge is 2.20. The lowest BCUT2D eigenvalue weighted by Crippen LogP contribution is -2.24. The van der Waals surface area contributed by atoms with Gasteiger partial charge in [0, 0.05) is 19.3 Å². The van der Waals surface area contributed by atoms with Crippen molar-refractivity contribution >= 4 is 29.7 Å². The van der Waals surface area contributed by atoms with E-state index in [0.29, 0.717) is 27.3 Å². The van der Waals surface area contributed by atoms with Gasteiger partial charge in [-0.1, -0.05) is 18.3 Å². The molecule has 1 aromatic carbocycles. The molecule has 3 aromatic rings. The highest BCUT2D eigenvalue weighted by atomic mass is 32.1. The quantitative estimate of drug-likeness (QED) is 0.576. The van der Waals surface area contributed by atoms with Crippen LogP contribution in [0.2, 0.25) is 0 Å². The van der Waals surface area contributed by atoms with Crippen molar-refractivity contribution in [2.24, 2.45) is 0 Å². The summed E-state index contributed by atoms with van der Waals surface area (Å²) in [6, 6.07) is 10.3. The first-order chi connectivity index (χ1) is 13.8. The molecule has 0 saturated heterocycles. The first kappa shape index (κ1) is 20.0. The van der Waals surface area contributed by atoms with Crippen LogP contribution >= 0.6 is 12.2 Å². The van der Waals surface area contributed by atoms with Crippen LogP contribution in [-0.4, -0.2) is 33.6 Å². The van der Waals surface area contributed by atoms with Gasteiger partial charge in [-0.05, 0) is 43.2 Å². The maximum Gasteiger partial charge on any atom is 0.274 e. The van der Waals surface area contributed by atoms with Gasteiger partial charge in [0.2, 0.25) is 0 Å². The maximum atomic E-state index is 13.1. The normalized spacial score (nSPS) is 10.3. The summed E-state index contributed by atoms with van der Waals surface area (Å²) >= 11 is 5.21. The SMILES string of the molecule is CNC(=O)c1cc(C#N)cc(C)c1NC(=O)c1cc(=S)[nH]n1-c1ncccc1C. The van der Waals surface area contributed by atoms with Crippen LogP contribution in [-0.2, 0) is 0 Å². The Balaban J connectivity index is 2.07. The van der Waals surface area contributed by atoms with Crippen LogP contribution in [0.5, 0.6) is 0 Å². The molecule has 0 radical (unpaired) electrons. The number of nitrogens with one attached hydrogen (secondary N) is 3. The lowest BCUT2D eigenvalue weighted by molar-refractivity contribution is 0.0964. The van der Waals surface area contributed by atoms with E-state index in [4.69, 9.17) is 12.2 Å². The first-order valence-electron chi connectivity index (χ1n) is 8.68. The average Bonchev–Trinajstić information content (AvgIpc) is 3.10. The summed E-state index contributed by atoms with van der Waals surface area (Å²) in [5, 5.41) is 17.4. The zero-order valence-electron chi connectivity index (χ0n) is 16.0. The number of nitrogens with zero attached hydrogens (tertiary/aromatic N) is 3. The maximum absolute atomic E-state index is 13.1. The molecule has 0 aliphatic carbocycles. The molecule has 3 N–H and O–H groups in total. The van der Waals surface area contributed by atoms with Gasteiger partial charge in [0.1, 0.15) is 10.3 Å². The van der Waals surface area contributed by atoms with Crippen molar-refractivity contribution in [3.8, 4) is 11.9 Å². The minimum Gasteiger partial charge on any atom is -0.355 e. The largest absolute Gasteiger partial charge is 0.355 e. The molecule has 0 bridgehead atoms. The Morgan fingerprint density at radius 2 is 1.97 bits per heavy atom. The van der Waals surface area contributed by atoms with E-state index in [0.717, 1.165) is 5.56 Å². The molecule has 0 aliphatic heterocycles. The zero-order chi connectivity index (χ0) is 21.1. The van der Waals surface area contributed by atoms with Crippen molar-refractivity contribution in [3.63, 3.8) is 0 Å². The Morgan fingerprint density at radius 3 is 2.62 bits per heavy atom. The van der Waals surface area contributed by atoms with Crippen molar-refractivity contribution < 1.29 is 9.59 Å². The molecule has 0 aliphatic rings. The van der Waals surface area contributed by atoms with E-state index in [1.54, 1.807) is 25.3 Å². The Kier molecular flexibility index (Phi) is 5.57. The van der Waals surface area contributed by atoms with E-state index in [-0.39, 0.29) is 11.3 Å². The molecule has 8 nitrogen and oxygen atoms in total. The minimum absolute atomic E-state index is 0.201. The van der Waals surface area contributed by atoms with Gasteiger partial charge in [-0.2, -0.15) is 5.26 Å². The fourth-order valence-corrected chi connectivity index (χ4v) is 3.15. The van der Waals surface area contributed by atoms with Gasteiger partial charge in [0.25, 0.3) is 11.8 Å². The second kappa shape index (κ2) is 8.08. The number of carbonyl (C=O) groups excluding carboxylic acids is 2. The molecule has 3 rings (SSSR count). The van der Waals surface area contributed by atoms with Gasteiger partial charge in [-0.15, -0.1) is 0 Å². The number of rotatable bonds is 4. The highest BCUT2D eigenvalue weighted by molar-refractivity contribution is 7.71. The highest BCUT2D eigenvalue weighted by Crippen LogP contribution is 2.24. The second-order valence-corrected chi connectivity index (χ2v) is 6.79. The van der Waals surface area contributed by atoms with E-state index >= 15 is 0 Å². The molecule has 0 spiro atoms. The standard InChI is InChI=1S/C20H18N6O2S/c1-11-5-4-6-23-18(11)26-15(9-16(29)25-26)20(28)24-17-12(2)7-13(10-21)8-14(17)19(27)22-3/h4-9H,1-3H3,(H,22,27)(H,24,28)(H,25,29). The average molecular weight is 406 g/mol. The predicted octanol–water partition coefficient (Wildman–Crippen LogP) is 3.03. The Bertz CT molecular complexity index is 1220. The number of aromatic amines is 1. The second-order valence-electron chi connectivity index (χ2n) is 6.35. The summed E-state index contributed by atoms with van der Waals surface area (Å²) in [4.78, 5) is 29.7. The summed E-state index contributed by atoms with van der Waals surface area (Å²) in [6.07, 6.45) is 1.62. The molecule has 0 fully saturated rings. The number of carbonyl (C=O) groups is 2. The number of H-pyrrole nitrogens is 1. The zero-order valence-corrected chi connectivity index (χ0v) is 16.8. The third kappa shape index (κ3) is 3.93. The fourth-order valence-electron chi connectivity index (χ4n) is 2.95. The van der Waals surface area contributed by atoms with E-state index in [2.05, 4.69) is 20.7 Å². The van der Waals surface area contributed by atoms with Gasteiger partial charge in [-0.3, -0.25) is 14.7 Å². The lowest BCUT2D eigenvalue weighted by atomic mass is 10.0. The van der Waals surface area contributed by atoms with Crippen molar-refractivity contribution in [2.45, 2.75) is 13.8 Å². The Hall–Kier alpha value is -3.77. The topological polar surface area (TPSA) is 116 Å². The summed E-state index contributed by atoms with van der Waals surface area (Å²) in [7, 11) is 1.48. The molecule has 9 heteroatoms. The van der Waals surface area contributed by atoms with Gasteiger partial charge >= 0.3 is 0 Å². The summed E-state index contributed by atoms with van der Waals surface area (Å²) in [5.74, 6) is -0.343. The number of pyridine rings is 1. The molecule has 2 aromatic heterocycles. The van der Waals surface area contributed by atoms with Gasteiger partial charge in [0.05, 0.1) is 22.9 Å².